The summed E-state index contributed by atoms with van der Waals surface area (Å²) in [7, 11) is 1.34. The van der Waals surface area contributed by atoms with E-state index in [9.17, 15) is 10.1 Å². The van der Waals surface area contributed by atoms with Gasteiger partial charge >= 0.3 is 5.97 Å². The molecule has 1 aromatic rings. The van der Waals surface area contributed by atoms with Gasteiger partial charge in [0.1, 0.15) is 0 Å². The van der Waals surface area contributed by atoms with E-state index in [-0.39, 0.29) is 0 Å². The molecule has 4 nitrogen and oxygen atoms in total. The van der Waals surface area contributed by atoms with Crippen molar-refractivity contribution in [3.05, 3.63) is 56.3 Å². The van der Waals surface area contributed by atoms with E-state index in [0.29, 0.717) is 32.7 Å². The Morgan fingerprint density at radius 3 is 2.62 bits per heavy atom. The van der Waals surface area contributed by atoms with Crippen molar-refractivity contribution < 1.29 is 9.53 Å². The third kappa shape index (κ3) is 2.90. The normalized spacial score (nSPS) is 20.5. The molecular formula is C18H16Cl2N2O2. The molecule has 1 aromatic carbocycles. The predicted octanol–water partition coefficient (Wildman–Crippen LogP) is 4.31. The molecular weight excluding hydrogens is 347 g/mol. The van der Waals surface area contributed by atoms with Gasteiger partial charge in [0.25, 0.3) is 0 Å². The van der Waals surface area contributed by atoms with Crippen LogP contribution in [0.1, 0.15) is 31.2 Å². The molecule has 1 unspecified atom stereocenters. The summed E-state index contributed by atoms with van der Waals surface area (Å²) in [6.45, 7) is 1.84. The number of nitriles is 1. The van der Waals surface area contributed by atoms with Crippen molar-refractivity contribution in [2.75, 3.05) is 7.11 Å². The number of esters is 1. The fraction of sp³-hybridized carbons (Fsp3) is 0.333. The second-order valence-electron chi connectivity index (χ2n) is 5.97. The molecule has 1 heterocycles. The highest BCUT2D eigenvalue weighted by Gasteiger charge is 2.41. The topological polar surface area (TPSA) is 62.1 Å². The van der Waals surface area contributed by atoms with Crippen LogP contribution in [-0.4, -0.2) is 13.1 Å². The van der Waals surface area contributed by atoms with Crippen LogP contribution in [-0.2, 0) is 9.53 Å². The highest BCUT2D eigenvalue weighted by molar-refractivity contribution is 6.35. The van der Waals surface area contributed by atoms with Gasteiger partial charge in [-0.25, -0.2) is 4.79 Å². The number of rotatable bonds is 3. The second kappa shape index (κ2) is 6.51. The first-order chi connectivity index (χ1) is 11.5. The molecule has 0 radical (unpaired) electrons. The van der Waals surface area contributed by atoms with Crippen LogP contribution in [0.15, 0.2) is 40.7 Å². The van der Waals surface area contributed by atoms with Gasteiger partial charge in [-0.2, -0.15) is 5.26 Å². The molecule has 1 N–H and O–H groups in total. The average Bonchev–Trinajstić information content (AvgIpc) is 3.38. The number of hydrogen-bond acceptors (Lipinski definition) is 4. The number of benzene rings is 1. The number of nitrogens with zero attached hydrogens (tertiary/aromatic N) is 1. The fourth-order valence-corrected chi connectivity index (χ4v) is 3.60. The standard InChI is InChI=1S/C18H16Cl2N2O2/c1-9-13(8-21)15(12-6-5-11(19)7-14(12)20)16(18(23)24-2)17(22-9)10-3-4-10/h5-7,10,15,22H,3-4H2,1-2H3. The summed E-state index contributed by atoms with van der Waals surface area (Å²) in [6.07, 6.45) is 2.03. The van der Waals surface area contributed by atoms with Crippen molar-refractivity contribution >= 4 is 29.2 Å². The number of carbonyl (C=O) groups is 1. The van der Waals surface area contributed by atoms with Crippen molar-refractivity contribution in [1.82, 2.24) is 5.32 Å². The third-order valence-electron chi connectivity index (χ3n) is 4.38. The van der Waals surface area contributed by atoms with Gasteiger partial charge < -0.3 is 10.1 Å². The zero-order valence-corrected chi connectivity index (χ0v) is 14.8. The van der Waals surface area contributed by atoms with Gasteiger partial charge in [-0.3, -0.25) is 0 Å². The number of methoxy groups -OCH3 is 1. The zero-order chi connectivity index (χ0) is 17.4. The molecule has 0 amide bonds. The summed E-state index contributed by atoms with van der Waals surface area (Å²) >= 11 is 12.4. The van der Waals surface area contributed by atoms with E-state index in [4.69, 9.17) is 27.9 Å². The number of hydrogen-bond donors (Lipinski definition) is 1. The van der Waals surface area contributed by atoms with Crippen LogP contribution in [0.4, 0.5) is 0 Å². The lowest BCUT2D eigenvalue weighted by molar-refractivity contribution is -0.136. The maximum absolute atomic E-state index is 12.5. The molecule has 2 aliphatic rings. The molecule has 0 spiro atoms. The van der Waals surface area contributed by atoms with Crippen LogP contribution in [0.5, 0.6) is 0 Å². The van der Waals surface area contributed by atoms with Gasteiger partial charge in [0, 0.05) is 21.4 Å². The monoisotopic (exact) mass is 362 g/mol. The molecule has 1 fully saturated rings. The van der Waals surface area contributed by atoms with Gasteiger partial charge in [-0.05, 0) is 43.4 Å². The molecule has 1 aliphatic heterocycles. The average molecular weight is 363 g/mol. The van der Waals surface area contributed by atoms with Crippen molar-refractivity contribution in [2.24, 2.45) is 5.92 Å². The lowest BCUT2D eigenvalue weighted by Crippen LogP contribution is -2.30. The Morgan fingerprint density at radius 1 is 1.38 bits per heavy atom. The molecule has 6 heteroatoms. The lowest BCUT2D eigenvalue weighted by Gasteiger charge is -2.30. The molecule has 124 valence electrons. The van der Waals surface area contributed by atoms with E-state index in [1.54, 1.807) is 18.2 Å². The Balaban J connectivity index is 2.24. The molecule has 1 atom stereocenters. The van der Waals surface area contributed by atoms with Crippen molar-refractivity contribution in [3.63, 3.8) is 0 Å². The van der Waals surface area contributed by atoms with E-state index < -0.39 is 11.9 Å². The van der Waals surface area contributed by atoms with Crippen molar-refractivity contribution in [1.29, 1.82) is 5.26 Å². The SMILES string of the molecule is COC(=O)C1=C(C2CC2)NC(C)=C(C#N)C1c1ccc(Cl)cc1Cl. The number of ether oxygens (including phenoxy) is 1. The maximum Gasteiger partial charge on any atom is 0.336 e. The minimum Gasteiger partial charge on any atom is -0.466 e. The number of carbonyl (C=O) groups excluding carboxylic acids is 1. The number of dihydropyridines is 1. The van der Waals surface area contributed by atoms with Crippen LogP contribution in [0.3, 0.4) is 0 Å². The first-order valence-corrected chi connectivity index (χ1v) is 8.38. The Bertz CT molecular complexity index is 817. The number of allylic oxidation sites excluding steroid dienone is 3. The van der Waals surface area contributed by atoms with Gasteiger partial charge in [0.2, 0.25) is 0 Å². The largest absolute Gasteiger partial charge is 0.466 e. The van der Waals surface area contributed by atoms with Crippen molar-refractivity contribution in [3.8, 4) is 6.07 Å². The Morgan fingerprint density at radius 2 is 2.08 bits per heavy atom. The molecule has 0 bridgehead atoms. The molecule has 24 heavy (non-hydrogen) atoms. The van der Waals surface area contributed by atoms with Gasteiger partial charge in [0.15, 0.2) is 0 Å². The van der Waals surface area contributed by atoms with Gasteiger partial charge in [-0.15, -0.1) is 0 Å². The summed E-state index contributed by atoms with van der Waals surface area (Å²) in [5.41, 5.74) is 3.19. The fourth-order valence-electron chi connectivity index (χ4n) is 3.08. The lowest BCUT2D eigenvalue weighted by atomic mass is 9.80. The minimum atomic E-state index is -0.552. The summed E-state index contributed by atoms with van der Waals surface area (Å²) < 4.78 is 5.00. The molecule has 3 rings (SSSR count). The first kappa shape index (κ1) is 16.9. The molecule has 0 saturated heterocycles. The number of halogens is 2. The van der Waals surface area contributed by atoms with E-state index in [2.05, 4.69) is 11.4 Å². The highest BCUT2D eigenvalue weighted by atomic mass is 35.5. The van der Waals surface area contributed by atoms with Crippen LogP contribution in [0, 0.1) is 17.2 Å². The minimum absolute atomic E-state index is 0.294. The summed E-state index contributed by atoms with van der Waals surface area (Å²) in [5.74, 6) is -0.701. The van der Waals surface area contributed by atoms with Crippen LogP contribution in [0.25, 0.3) is 0 Å². The molecule has 0 aromatic heterocycles. The van der Waals surface area contributed by atoms with E-state index in [1.165, 1.54) is 7.11 Å². The van der Waals surface area contributed by atoms with Gasteiger partial charge in [-0.1, -0.05) is 29.3 Å². The quantitative estimate of drug-likeness (QED) is 0.813. The Labute approximate surface area is 150 Å². The first-order valence-electron chi connectivity index (χ1n) is 7.63. The van der Waals surface area contributed by atoms with Crippen LogP contribution in [0.2, 0.25) is 10.0 Å². The van der Waals surface area contributed by atoms with E-state index in [1.807, 2.05) is 6.92 Å². The summed E-state index contributed by atoms with van der Waals surface area (Å²) in [5, 5.41) is 13.8. The van der Waals surface area contributed by atoms with Crippen molar-refractivity contribution in [2.45, 2.75) is 25.7 Å². The third-order valence-corrected chi connectivity index (χ3v) is 4.94. The Kier molecular flexibility index (Phi) is 4.58. The predicted molar refractivity (Wildman–Crippen MR) is 92.4 cm³/mol. The van der Waals surface area contributed by atoms with E-state index in [0.717, 1.165) is 24.2 Å². The van der Waals surface area contributed by atoms with Crippen LogP contribution < -0.4 is 5.32 Å². The van der Waals surface area contributed by atoms with Crippen LogP contribution >= 0.6 is 23.2 Å². The smallest absolute Gasteiger partial charge is 0.336 e. The number of nitrogens with one attached hydrogen (secondary N) is 1. The van der Waals surface area contributed by atoms with E-state index >= 15 is 0 Å². The van der Waals surface area contributed by atoms with Gasteiger partial charge in [0.05, 0.1) is 30.2 Å². The Hall–Kier alpha value is -1.96. The molecule has 1 saturated carbocycles. The maximum atomic E-state index is 12.5. The highest BCUT2D eigenvalue weighted by Crippen LogP contribution is 2.47. The summed E-state index contributed by atoms with van der Waals surface area (Å²) in [6, 6.07) is 7.31. The summed E-state index contributed by atoms with van der Waals surface area (Å²) in [4.78, 5) is 12.5. The zero-order valence-electron chi connectivity index (χ0n) is 13.3. The second-order valence-corrected chi connectivity index (χ2v) is 6.81. The molecule has 1 aliphatic carbocycles.